The molecule has 3 heterocycles. The summed E-state index contributed by atoms with van der Waals surface area (Å²) >= 11 is 3.19. The van der Waals surface area contributed by atoms with Crippen molar-refractivity contribution in [3.63, 3.8) is 0 Å². The number of aromatic nitrogens is 3. The van der Waals surface area contributed by atoms with Gasteiger partial charge in [0.2, 0.25) is 0 Å². The maximum Gasteiger partial charge on any atom is 0.261 e. The summed E-state index contributed by atoms with van der Waals surface area (Å²) in [6.45, 7) is 0. The summed E-state index contributed by atoms with van der Waals surface area (Å²) in [4.78, 5) is 13.1. The summed E-state index contributed by atoms with van der Waals surface area (Å²) in [5.41, 5.74) is 0.789. The van der Waals surface area contributed by atoms with Gasteiger partial charge in [0.05, 0.1) is 10.9 Å². The normalized spacial score (nSPS) is 12.4. The molecule has 1 atom stereocenters. The van der Waals surface area contributed by atoms with Crippen molar-refractivity contribution in [2.24, 2.45) is 0 Å². The zero-order chi connectivity index (χ0) is 15.4. The van der Waals surface area contributed by atoms with Crippen LogP contribution in [0, 0.1) is 0 Å². The topological polar surface area (TPSA) is 59.3 Å². The molecule has 3 aromatic rings. The third-order valence-electron chi connectivity index (χ3n) is 3.31. The summed E-state index contributed by atoms with van der Waals surface area (Å²) in [6, 6.07) is 9.32. The largest absolute Gasteiger partial charge is 0.341 e. The number of fused-ring (bicyclic) bond motifs is 1. The van der Waals surface area contributed by atoms with Crippen LogP contribution in [0.2, 0.25) is 0 Å². The second-order valence-electron chi connectivity index (χ2n) is 4.77. The van der Waals surface area contributed by atoms with Crippen molar-refractivity contribution in [1.29, 1.82) is 0 Å². The van der Waals surface area contributed by atoms with E-state index in [1.807, 2.05) is 46.3 Å². The van der Waals surface area contributed by atoms with Crippen molar-refractivity contribution >= 4 is 34.7 Å². The number of carbonyl (C=O) groups is 1. The Morgan fingerprint density at radius 3 is 3.05 bits per heavy atom. The van der Waals surface area contributed by atoms with E-state index in [1.165, 1.54) is 11.3 Å². The smallest absolute Gasteiger partial charge is 0.261 e. The Balaban J connectivity index is 1.87. The first-order chi connectivity index (χ1) is 10.8. The fraction of sp³-hybridized carbons (Fsp3) is 0.267. The van der Waals surface area contributed by atoms with Gasteiger partial charge in [0.1, 0.15) is 0 Å². The fourth-order valence-electron chi connectivity index (χ4n) is 2.24. The quantitative estimate of drug-likeness (QED) is 0.754. The molecule has 5 nitrogen and oxygen atoms in total. The molecule has 0 spiro atoms. The number of amides is 1. The molecule has 0 fully saturated rings. The Bertz CT molecular complexity index is 754. The van der Waals surface area contributed by atoms with Gasteiger partial charge in [-0.1, -0.05) is 12.1 Å². The van der Waals surface area contributed by atoms with Gasteiger partial charge in [-0.15, -0.1) is 21.5 Å². The average Bonchev–Trinajstić information content (AvgIpc) is 3.20. The molecule has 3 aromatic heterocycles. The predicted octanol–water partition coefficient (Wildman–Crippen LogP) is 3.02. The Hall–Kier alpha value is -1.86. The third-order valence-corrected chi connectivity index (χ3v) is 4.83. The molecule has 22 heavy (non-hydrogen) atoms. The summed E-state index contributed by atoms with van der Waals surface area (Å²) in [7, 11) is 0. The van der Waals surface area contributed by atoms with Gasteiger partial charge < -0.3 is 5.32 Å². The Morgan fingerprint density at radius 2 is 2.27 bits per heavy atom. The van der Waals surface area contributed by atoms with E-state index in [1.54, 1.807) is 11.8 Å². The molecule has 0 aromatic carbocycles. The van der Waals surface area contributed by atoms with E-state index in [4.69, 9.17) is 0 Å². The zero-order valence-electron chi connectivity index (χ0n) is 12.1. The number of hydrogen-bond acceptors (Lipinski definition) is 5. The van der Waals surface area contributed by atoms with Gasteiger partial charge in [0.25, 0.3) is 5.91 Å². The van der Waals surface area contributed by atoms with Crippen LogP contribution in [0.1, 0.15) is 28.0 Å². The number of pyridine rings is 1. The third kappa shape index (κ3) is 3.15. The molecular weight excluding hydrogens is 316 g/mol. The van der Waals surface area contributed by atoms with Gasteiger partial charge in [-0.2, -0.15) is 11.8 Å². The second kappa shape index (κ2) is 6.93. The minimum atomic E-state index is -0.153. The van der Waals surface area contributed by atoms with Crippen molar-refractivity contribution in [3.8, 4) is 0 Å². The Morgan fingerprint density at radius 1 is 1.36 bits per heavy atom. The maximum atomic E-state index is 12.3. The number of rotatable bonds is 6. The molecular formula is C15H16N4OS2. The van der Waals surface area contributed by atoms with E-state index in [9.17, 15) is 4.79 Å². The van der Waals surface area contributed by atoms with Crippen LogP contribution in [-0.2, 0) is 0 Å². The molecule has 0 aliphatic heterocycles. The molecule has 0 aliphatic carbocycles. The SMILES string of the molecule is CSCC[C@H](NC(=O)c1cccs1)c1nnc2ccccn12. The highest BCUT2D eigenvalue weighted by Crippen LogP contribution is 2.19. The standard InChI is InChI=1S/C15H16N4OS2/c1-21-10-7-11(16-15(20)12-5-4-9-22-12)14-18-17-13-6-2-3-8-19(13)14/h2-6,8-9,11H,7,10H2,1H3,(H,16,20)/t11-/m0/s1. The highest BCUT2D eigenvalue weighted by Gasteiger charge is 2.21. The molecule has 114 valence electrons. The summed E-state index contributed by atoms with van der Waals surface area (Å²) in [5.74, 6) is 1.65. The molecule has 3 rings (SSSR count). The first kappa shape index (κ1) is 15.1. The number of hydrogen-bond donors (Lipinski definition) is 1. The van der Waals surface area contributed by atoms with Crippen LogP contribution >= 0.6 is 23.1 Å². The Kier molecular flexibility index (Phi) is 4.74. The van der Waals surface area contributed by atoms with Crippen LogP contribution in [0.25, 0.3) is 5.65 Å². The average molecular weight is 332 g/mol. The first-order valence-corrected chi connectivity index (χ1v) is 9.20. The lowest BCUT2D eigenvalue weighted by atomic mass is 10.2. The lowest BCUT2D eigenvalue weighted by molar-refractivity contribution is 0.0938. The predicted molar refractivity (Wildman–Crippen MR) is 90.5 cm³/mol. The molecule has 0 radical (unpaired) electrons. The molecule has 7 heteroatoms. The lowest BCUT2D eigenvalue weighted by Gasteiger charge is -2.16. The summed E-state index contributed by atoms with van der Waals surface area (Å²) in [5, 5.41) is 13.4. The van der Waals surface area contributed by atoms with E-state index in [0.29, 0.717) is 4.88 Å². The van der Waals surface area contributed by atoms with Gasteiger partial charge in [-0.3, -0.25) is 9.20 Å². The molecule has 0 saturated carbocycles. The number of carbonyl (C=O) groups excluding carboxylic acids is 1. The number of thiophene rings is 1. The van der Waals surface area contributed by atoms with Crippen molar-refractivity contribution in [2.75, 3.05) is 12.0 Å². The van der Waals surface area contributed by atoms with Crippen LogP contribution in [-0.4, -0.2) is 32.5 Å². The van der Waals surface area contributed by atoms with E-state index in [0.717, 1.165) is 23.6 Å². The van der Waals surface area contributed by atoms with Crippen molar-refractivity contribution in [3.05, 3.63) is 52.6 Å². The van der Waals surface area contributed by atoms with Gasteiger partial charge in [-0.05, 0) is 42.0 Å². The summed E-state index contributed by atoms with van der Waals surface area (Å²) < 4.78 is 1.93. The van der Waals surface area contributed by atoms with Crippen LogP contribution < -0.4 is 5.32 Å². The monoisotopic (exact) mass is 332 g/mol. The van der Waals surface area contributed by atoms with Gasteiger partial charge >= 0.3 is 0 Å². The highest BCUT2D eigenvalue weighted by molar-refractivity contribution is 7.98. The number of nitrogens with one attached hydrogen (secondary N) is 1. The van der Waals surface area contributed by atoms with Crippen LogP contribution in [0.4, 0.5) is 0 Å². The summed E-state index contributed by atoms with van der Waals surface area (Å²) in [6.07, 6.45) is 4.79. The van der Waals surface area contributed by atoms with Crippen LogP contribution in [0.5, 0.6) is 0 Å². The van der Waals surface area contributed by atoms with Gasteiger partial charge in [0, 0.05) is 6.20 Å². The second-order valence-corrected chi connectivity index (χ2v) is 6.71. The van der Waals surface area contributed by atoms with E-state index in [-0.39, 0.29) is 11.9 Å². The molecule has 1 amide bonds. The number of thioether (sulfide) groups is 1. The Labute approximate surface area is 136 Å². The minimum absolute atomic E-state index is 0.0613. The van der Waals surface area contributed by atoms with E-state index >= 15 is 0 Å². The minimum Gasteiger partial charge on any atom is -0.341 e. The van der Waals surface area contributed by atoms with Crippen molar-refractivity contribution in [1.82, 2.24) is 19.9 Å². The van der Waals surface area contributed by atoms with Gasteiger partial charge in [-0.25, -0.2) is 0 Å². The molecule has 0 aliphatic rings. The van der Waals surface area contributed by atoms with Crippen LogP contribution in [0.15, 0.2) is 41.9 Å². The fourth-order valence-corrected chi connectivity index (χ4v) is 3.33. The van der Waals surface area contributed by atoms with Gasteiger partial charge in [0.15, 0.2) is 11.5 Å². The zero-order valence-corrected chi connectivity index (χ0v) is 13.7. The number of nitrogens with zero attached hydrogens (tertiary/aromatic N) is 3. The lowest BCUT2D eigenvalue weighted by Crippen LogP contribution is -2.29. The maximum absolute atomic E-state index is 12.3. The molecule has 0 saturated heterocycles. The molecule has 0 bridgehead atoms. The first-order valence-electron chi connectivity index (χ1n) is 6.92. The van der Waals surface area contributed by atoms with Crippen molar-refractivity contribution < 1.29 is 4.79 Å². The highest BCUT2D eigenvalue weighted by atomic mass is 32.2. The van der Waals surface area contributed by atoms with E-state index < -0.39 is 0 Å². The van der Waals surface area contributed by atoms with Crippen LogP contribution in [0.3, 0.4) is 0 Å². The molecule has 1 N–H and O–H groups in total. The van der Waals surface area contributed by atoms with E-state index in [2.05, 4.69) is 21.8 Å². The molecule has 0 unspecified atom stereocenters. The van der Waals surface area contributed by atoms with Crippen molar-refractivity contribution in [2.45, 2.75) is 12.5 Å².